The lowest BCUT2D eigenvalue weighted by molar-refractivity contribution is -0.00807. The zero-order valence-corrected chi connectivity index (χ0v) is 7.93. The van der Waals surface area contributed by atoms with E-state index in [4.69, 9.17) is 0 Å². The van der Waals surface area contributed by atoms with Crippen LogP contribution in [0.3, 0.4) is 0 Å². The summed E-state index contributed by atoms with van der Waals surface area (Å²) in [6.07, 6.45) is 4.52. The van der Waals surface area contributed by atoms with E-state index in [-0.39, 0.29) is 5.60 Å². The van der Waals surface area contributed by atoms with Gasteiger partial charge in [0.2, 0.25) is 0 Å². The quantitative estimate of drug-likeness (QED) is 0.618. The fourth-order valence-electron chi connectivity index (χ4n) is 2.08. The van der Waals surface area contributed by atoms with Crippen molar-refractivity contribution in [3.05, 3.63) is 0 Å². The van der Waals surface area contributed by atoms with Crippen molar-refractivity contribution in [3.8, 4) is 0 Å². The van der Waals surface area contributed by atoms with Crippen LogP contribution in [0.2, 0.25) is 0 Å². The molecule has 1 N–H and O–H groups in total. The molecule has 0 spiro atoms. The first-order chi connectivity index (χ1) is 5.01. The maximum Gasteiger partial charge on any atom is 0.0622 e. The van der Waals surface area contributed by atoms with Crippen molar-refractivity contribution < 1.29 is 5.11 Å². The first-order valence-electron chi connectivity index (χ1n) is 4.74. The molecule has 1 rings (SSSR count). The molecule has 0 aromatic heterocycles. The molecule has 0 aromatic carbocycles. The van der Waals surface area contributed by atoms with Crippen LogP contribution in [0, 0.1) is 11.8 Å². The topological polar surface area (TPSA) is 20.2 Å². The van der Waals surface area contributed by atoms with E-state index in [2.05, 4.69) is 13.8 Å². The number of hydrogen-bond acceptors (Lipinski definition) is 1. The van der Waals surface area contributed by atoms with Gasteiger partial charge >= 0.3 is 0 Å². The zero-order valence-electron chi connectivity index (χ0n) is 7.93. The van der Waals surface area contributed by atoms with E-state index in [1.807, 2.05) is 6.92 Å². The molecular formula is C10H20O. The molecule has 11 heavy (non-hydrogen) atoms. The molecule has 0 amide bonds. The molecule has 0 radical (unpaired) electrons. The van der Waals surface area contributed by atoms with E-state index in [0.29, 0.717) is 0 Å². The zero-order chi connectivity index (χ0) is 8.48. The molecule has 1 nitrogen and oxygen atoms in total. The van der Waals surface area contributed by atoms with Crippen molar-refractivity contribution in [1.29, 1.82) is 0 Å². The van der Waals surface area contributed by atoms with Crippen LogP contribution in [0.15, 0.2) is 0 Å². The predicted octanol–water partition coefficient (Wildman–Crippen LogP) is 2.58. The van der Waals surface area contributed by atoms with Gasteiger partial charge in [0.15, 0.2) is 0 Å². The van der Waals surface area contributed by atoms with Crippen molar-refractivity contribution in [3.63, 3.8) is 0 Å². The molecule has 0 saturated heterocycles. The molecule has 0 heterocycles. The summed E-state index contributed by atoms with van der Waals surface area (Å²) >= 11 is 0. The van der Waals surface area contributed by atoms with Gasteiger partial charge in [-0.3, -0.25) is 0 Å². The Morgan fingerprint density at radius 3 is 2.45 bits per heavy atom. The highest BCUT2D eigenvalue weighted by atomic mass is 16.3. The Hall–Kier alpha value is -0.0400. The van der Waals surface area contributed by atoms with Gasteiger partial charge in [0.25, 0.3) is 0 Å². The lowest BCUT2D eigenvalue weighted by Gasteiger charge is -2.35. The monoisotopic (exact) mass is 156 g/mol. The Kier molecular flexibility index (Phi) is 2.58. The normalized spacial score (nSPS) is 39.5. The Labute approximate surface area is 69.8 Å². The van der Waals surface area contributed by atoms with Crippen LogP contribution in [0.25, 0.3) is 0 Å². The van der Waals surface area contributed by atoms with Crippen LogP contribution < -0.4 is 0 Å². The first-order valence-corrected chi connectivity index (χ1v) is 4.74. The Morgan fingerprint density at radius 2 is 2.09 bits per heavy atom. The van der Waals surface area contributed by atoms with Crippen molar-refractivity contribution >= 4 is 0 Å². The van der Waals surface area contributed by atoms with Crippen LogP contribution in [-0.4, -0.2) is 10.7 Å². The highest BCUT2D eigenvalue weighted by Crippen LogP contribution is 2.35. The summed E-state index contributed by atoms with van der Waals surface area (Å²) in [5.74, 6) is 1.49. The van der Waals surface area contributed by atoms with Gasteiger partial charge in [0.1, 0.15) is 0 Å². The summed E-state index contributed by atoms with van der Waals surface area (Å²) in [6, 6.07) is 0. The molecule has 1 aliphatic rings. The lowest BCUT2D eigenvalue weighted by Crippen LogP contribution is -2.33. The van der Waals surface area contributed by atoms with Gasteiger partial charge in [0, 0.05) is 0 Å². The minimum absolute atomic E-state index is 0.368. The molecule has 0 unspecified atom stereocenters. The van der Waals surface area contributed by atoms with Gasteiger partial charge in [0.05, 0.1) is 5.60 Å². The number of hydrogen-bond donors (Lipinski definition) is 1. The van der Waals surface area contributed by atoms with Gasteiger partial charge in [-0.05, 0) is 38.0 Å². The Bertz CT molecular complexity index is 127. The Morgan fingerprint density at radius 1 is 1.45 bits per heavy atom. The maximum atomic E-state index is 9.79. The van der Waals surface area contributed by atoms with E-state index in [1.54, 1.807) is 0 Å². The summed E-state index contributed by atoms with van der Waals surface area (Å²) in [5, 5.41) is 9.79. The van der Waals surface area contributed by atoms with E-state index >= 15 is 0 Å². The van der Waals surface area contributed by atoms with Crippen LogP contribution in [0.1, 0.15) is 46.5 Å². The molecular weight excluding hydrogens is 136 g/mol. The highest BCUT2D eigenvalue weighted by Gasteiger charge is 2.30. The van der Waals surface area contributed by atoms with E-state index in [9.17, 15) is 5.11 Å². The van der Waals surface area contributed by atoms with Gasteiger partial charge in [-0.15, -0.1) is 0 Å². The molecule has 1 fully saturated rings. The number of rotatable bonds is 1. The highest BCUT2D eigenvalue weighted by molar-refractivity contribution is 4.83. The fourth-order valence-corrected chi connectivity index (χ4v) is 2.08. The third-order valence-corrected chi connectivity index (χ3v) is 2.94. The molecule has 0 bridgehead atoms. The Balaban J connectivity index is 2.46. The van der Waals surface area contributed by atoms with Crippen LogP contribution >= 0.6 is 0 Å². The van der Waals surface area contributed by atoms with Gasteiger partial charge in [-0.2, -0.15) is 0 Å². The third kappa shape index (κ3) is 2.48. The second-order valence-corrected chi connectivity index (χ2v) is 4.60. The van der Waals surface area contributed by atoms with Crippen molar-refractivity contribution in [2.24, 2.45) is 11.8 Å². The summed E-state index contributed by atoms with van der Waals surface area (Å²) in [5.41, 5.74) is -0.368. The largest absolute Gasteiger partial charge is 0.390 e. The smallest absolute Gasteiger partial charge is 0.0622 e. The summed E-state index contributed by atoms with van der Waals surface area (Å²) in [6.45, 7) is 6.49. The summed E-state index contributed by atoms with van der Waals surface area (Å²) < 4.78 is 0. The molecule has 1 aliphatic carbocycles. The van der Waals surface area contributed by atoms with Gasteiger partial charge < -0.3 is 5.11 Å². The summed E-state index contributed by atoms with van der Waals surface area (Å²) in [7, 11) is 0. The molecule has 1 saturated carbocycles. The first kappa shape index (κ1) is 9.05. The maximum absolute atomic E-state index is 9.79. The van der Waals surface area contributed by atoms with Gasteiger partial charge in [-0.1, -0.05) is 20.3 Å². The molecule has 66 valence electrons. The van der Waals surface area contributed by atoms with E-state index in [0.717, 1.165) is 24.7 Å². The van der Waals surface area contributed by atoms with Crippen molar-refractivity contribution in [2.75, 3.05) is 0 Å². The lowest BCUT2D eigenvalue weighted by atomic mass is 9.74. The van der Waals surface area contributed by atoms with E-state index < -0.39 is 0 Å². The van der Waals surface area contributed by atoms with Crippen LogP contribution in [-0.2, 0) is 0 Å². The third-order valence-electron chi connectivity index (χ3n) is 2.94. The summed E-state index contributed by atoms with van der Waals surface area (Å²) in [4.78, 5) is 0. The molecule has 2 atom stereocenters. The second kappa shape index (κ2) is 3.14. The molecule has 0 aromatic rings. The molecule has 1 heteroatoms. The van der Waals surface area contributed by atoms with Crippen LogP contribution in [0.4, 0.5) is 0 Å². The van der Waals surface area contributed by atoms with Crippen molar-refractivity contribution in [1.82, 2.24) is 0 Å². The molecule has 0 aliphatic heterocycles. The average molecular weight is 156 g/mol. The standard InChI is InChI=1S/C10H20O/c1-8(2)9-5-4-6-10(3,11)7-9/h8-9,11H,4-7H2,1-3H3/t9-,10-/m0/s1. The predicted molar refractivity (Wildman–Crippen MR) is 47.4 cm³/mol. The minimum atomic E-state index is -0.368. The van der Waals surface area contributed by atoms with Crippen LogP contribution in [0.5, 0.6) is 0 Å². The fraction of sp³-hybridized carbons (Fsp3) is 1.00. The number of aliphatic hydroxyl groups is 1. The van der Waals surface area contributed by atoms with Gasteiger partial charge in [-0.25, -0.2) is 0 Å². The average Bonchev–Trinajstić information content (AvgIpc) is 1.85. The van der Waals surface area contributed by atoms with Crippen molar-refractivity contribution in [2.45, 2.75) is 52.1 Å². The second-order valence-electron chi connectivity index (χ2n) is 4.60. The minimum Gasteiger partial charge on any atom is -0.390 e. The SMILES string of the molecule is CC(C)[C@H]1CCC[C@](C)(O)C1. The van der Waals surface area contributed by atoms with E-state index in [1.165, 1.54) is 12.8 Å².